The van der Waals surface area contributed by atoms with Gasteiger partial charge in [0.05, 0.1) is 0 Å². The summed E-state index contributed by atoms with van der Waals surface area (Å²) >= 11 is 1.99. The van der Waals surface area contributed by atoms with Gasteiger partial charge in [-0.15, -0.1) is 5.10 Å². The van der Waals surface area contributed by atoms with Gasteiger partial charge in [-0.3, -0.25) is 0 Å². The van der Waals surface area contributed by atoms with Crippen LogP contribution >= 0.6 is 11.8 Å². The van der Waals surface area contributed by atoms with Crippen molar-refractivity contribution in [2.45, 2.75) is 0 Å². The molecule has 0 atom stereocenters. The van der Waals surface area contributed by atoms with Gasteiger partial charge >= 0.3 is 0 Å². The Hall–Kier alpha value is -0.910. The van der Waals surface area contributed by atoms with Crippen molar-refractivity contribution in [2.24, 2.45) is 0 Å². The molecule has 0 bridgehead atoms. The van der Waals surface area contributed by atoms with Gasteiger partial charge in [0.15, 0.2) is 0 Å². The Morgan fingerprint density at radius 3 is 2.64 bits per heavy atom. The molecule has 1 aromatic rings. The molecule has 2 heterocycles. The van der Waals surface area contributed by atoms with Crippen LogP contribution < -0.4 is 9.80 Å². The van der Waals surface area contributed by atoms with Gasteiger partial charge in [-0.1, -0.05) is 0 Å². The van der Waals surface area contributed by atoms with Gasteiger partial charge < -0.3 is 9.80 Å². The molecule has 5 nitrogen and oxygen atoms in total. The summed E-state index contributed by atoms with van der Waals surface area (Å²) in [5.41, 5.74) is 0. The van der Waals surface area contributed by atoms with E-state index in [9.17, 15) is 0 Å². The van der Waals surface area contributed by atoms with E-state index in [4.69, 9.17) is 0 Å². The first-order chi connectivity index (χ1) is 6.77. The molecule has 1 aliphatic heterocycles. The molecular formula is C8H15N5S. The lowest BCUT2D eigenvalue weighted by atomic mass is 10.5. The van der Waals surface area contributed by atoms with Crippen molar-refractivity contribution < 1.29 is 0 Å². The molecule has 14 heavy (non-hydrogen) atoms. The Bertz CT molecular complexity index is 292. The molecule has 0 aliphatic carbocycles. The van der Waals surface area contributed by atoms with Gasteiger partial charge in [0.25, 0.3) is 0 Å². The Labute approximate surface area is 87.9 Å². The minimum atomic E-state index is 0.748. The minimum Gasteiger partial charge on any atom is -0.346 e. The first-order valence-electron chi connectivity index (χ1n) is 4.70. The van der Waals surface area contributed by atoms with Gasteiger partial charge in [0.1, 0.15) is 0 Å². The average molecular weight is 213 g/mol. The number of hydrogen-bond acceptors (Lipinski definition) is 5. The molecule has 0 unspecified atom stereocenters. The van der Waals surface area contributed by atoms with E-state index in [-0.39, 0.29) is 0 Å². The second-order valence-electron chi connectivity index (χ2n) is 3.45. The topological polar surface area (TPSA) is 48.1 Å². The summed E-state index contributed by atoms with van der Waals surface area (Å²) in [4.78, 5) is 8.56. The van der Waals surface area contributed by atoms with E-state index >= 15 is 0 Å². The van der Waals surface area contributed by atoms with Gasteiger partial charge in [-0.05, 0) is 0 Å². The van der Waals surface area contributed by atoms with Crippen LogP contribution in [0.2, 0.25) is 0 Å². The number of hydrogen-bond donors (Lipinski definition) is 1. The summed E-state index contributed by atoms with van der Waals surface area (Å²) in [6.45, 7) is 2.12. The fourth-order valence-electron chi connectivity index (χ4n) is 1.36. The molecule has 1 aliphatic rings. The number of aromatic amines is 1. The summed E-state index contributed by atoms with van der Waals surface area (Å²) in [7, 11) is 3.89. The van der Waals surface area contributed by atoms with Crippen LogP contribution in [0, 0.1) is 0 Å². The highest BCUT2D eigenvalue weighted by molar-refractivity contribution is 7.99. The van der Waals surface area contributed by atoms with Gasteiger partial charge in [-0.2, -0.15) is 16.7 Å². The molecule has 0 radical (unpaired) electrons. The Balaban J connectivity index is 2.07. The Morgan fingerprint density at radius 2 is 2.07 bits per heavy atom. The van der Waals surface area contributed by atoms with Gasteiger partial charge in [0.2, 0.25) is 11.9 Å². The van der Waals surface area contributed by atoms with Crippen LogP contribution in [0.15, 0.2) is 0 Å². The fourth-order valence-corrected chi connectivity index (χ4v) is 2.26. The van der Waals surface area contributed by atoms with E-state index < -0.39 is 0 Å². The van der Waals surface area contributed by atoms with Crippen LogP contribution in [0.1, 0.15) is 0 Å². The first-order valence-corrected chi connectivity index (χ1v) is 5.85. The third-order valence-electron chi connectivity index (χ3n) is 2.17. The van der Waals surface area contributed by atoms with Crippen molar-refractivity contribution in [3.05, 3.63) is 0 Å². The van der Waals surface area contributed by atoms with Gasteiger partial charge in [0, 0.05) is 38.7 Å². The fraction of sp³-hybridized carbons (Fsp3) is 0.750. The van der Waals surface area contributed by atoms with E-state index in [1.807, 2.05) is 30.8 Å². The second-order valence-corrected chi connectivity index (χ2v) is 4.68. The zero-order valence-corrected chi connectivity index (χ0v) is 9.34. The normalized spacial score (nSPS) is 17.1. The number of nitrogens with one attached hydrogen (secondary N) is 1. The summed E-state index contributed by atoms with van der Waals surface area (Å²) in [5.74, 6) is 4.00. The number of aromatic nitrogens is 3. The quantitative estimate of drug-likeness (QED) is 0.771. The van der Waals surface area contributed by atoms with Crippen molar-refractivity contribution in [3.8, 4) is 0 Å². The molecule has 1 aromatic heterocycles. The predicted molar refractivity (Wildman–Crippen MR) is 60.2 cm³/mol. The molecule has 0 amide bonds. The standard InChI is InChI=1S/C8H15N5S/c1-12(2)7-9-8(11-10-7)13-3-5-14-6-4-13/h3-6H2,1-2H3,(H,9,10,11). The summed E-state index contributed by atoms with van der Waals surface area (Å²) in [6.07, 6.45) is 0. The number of nitrogens with zero attached hydrogens (tertiary/aromatic N) is 4. The van der Waals surface area contributed by atoms with Gasteiger partial charge in [-0.25, -0.2) is 5.10 Å². The third kappa shape index (κ3) is 1.95. The number of thioether (sulfide) groups is 1. The highest BCUT2D eigenvalue weighted by Gasteiger charge is 2.15. The van der Waals surface area contributed by atoms with Crippen LogP contribution in [0.5, 0.6) is 0 Å². The smallest absolute Gasteiger partial charge is 0.245 e. The van der Waals surface area contributed by atoms with E-state index in [0.29, 0.717) is 0 Å². The van der Waals surface area contributed by atoms with E-state index in [2.05, 4.69) is 20.1 Å². The minimum absolute atomic E-state index is 0.748. The molecule has 2 rings (SSSR count). The lowest BCUT2D eigenvalue weighted by Gasteiger charge is -2.25. The molecule has 6 heteroatoms. The molecule has 0 aromatic carbocycles. The van der Waals surface area contributed by atoms with Crippen molar-refractivity contribution in [2.75, 3.05) is 48.5 Å². The van der Waals surface area contributed by atoms with E-state index in [1.54, 1.807) is 0 Å². The number of rotatable bonds is 2. The van der Waals surface area contributed by atoms with Crippen molar-refractivity contribution in [1.29, 1.82) is 0 Å². The maximum atomic E-state index is 4.41. The molecule has 0 saturated carbocycles. The highest BCUT2D eigenvalue weighted by atomic mass is 32.2. The lowest BCUT2D eigenvalue weighted by molar-refractivity contribution is 0.819. The van der Waals surface area contributed by atoms with Crippen molar-refractivity contribution in [3.63, 3.8) is 0 Å². The van der Waals surface area contributed by atoms with Crippen LogP contribution in [0.3, 0.4) is 0 Å². The Kier molecular flexibility index (Phi) is 2.81. The van der Waals surface area contributed by atoms with Crippen LogP contribution in [0.25, 0.3) is 0 Å². The van der Waals surface area contributed by atoms with E-state index in [1.165, 1.54) is 11.5 Å². The zero-order chi connectivity index (χ0) is 9.97. The molecule has 78 valence electrons. The van der Waals surface area contributed by atoms with Crippen LogP contribution in [-0.4, -0.2) is 53.9 Å². The zero-order valence-electron chi connectivity index (χ0n) is 8.53. The molecule has 1 saturated heterocycles. The van der Waals surface area contributed by atoms with Crippen molar-refractivity contribution in [1.82, 2.24) is 15.2 Å². The number of H-pyrrole nitrogens is 1. The van der Waals surface area contributed by atoms with Crippen LogP contribution in [-0.2, 0) is 0 Å². The Morgan fingerprint density at radius 1 is 1.36 bits per heavy atom. The largest absolute Gasteiger partial charge is 0.346 e. The molecule has 0 spiro atoms. The summed E-state index contributed by atoms with van der Waals surface area (Å²) in [6, 6.07) is 0. The summed E-state index contributed by atoms with van der Waals surface area (Å²) < 4.78 is 0. The van der Waals surface area contributed by atoms with Crippen LogP contribution in [0.4, 0.5) is 11.9 Å². The average Bonchev–Trinajstić information content (AvgIpc) is 2.68. The maximum Gasteiger partial charge on any atom is 0.245 e. The SMILES string of the molecule is CN(C)c1n[nH]c(N2CCSCC2)n1. The first kappa shape index (κ1) is 9.64. The third-order valence-corrected chi connectivity index (χ3v) is 3.11. The lowest BCUT2D eigenvalue weighted by Crippen LogP contribution is -2.33. The molecule has 1 N–H and O–H groups in total. The highest BCUT2D eigenvalue weighted by Crippen LogP contribution is 2.16. The number of anilines is 2. The second kappa shape index (κ2) is 4.08. The molecule has 1 fully saturated rings. The maximum absolute atomic E-state index is 4.41. The summed E-state index contributed by atoms with van der Waals surface area (Å²) in [5, 5.41) is 7.10. The van der Waals surface area contributed by atoms with Crippen molar-refractivity contribution >= 4 is 23.7 Å². The molecular weight excluding hydrogens is 198 g/mol. The monoisotopic (exact) mass is 213 g/mol. The predicted octanol–water partition coefficient (Wildman–Crippen LogP) is 0.424. The van der Waals surface area contributed by atoms with E-state index in [0.717, 1.165) is 25.0 Å².